The number of nitrogens with zero attached hydrogens (tertiary/aromatic N) is 2. The van der Waals surface area contributed by atoms with Crippen LogP contribution in [0.4, 0.5) is 5.82 Å². The Morgan fingerprint density at radius 2 is 2.11 bits per heavy atom. The minimum Gasteiger partial charge on any atom is -0.308 e. The van der Waals surface area contributed by atoms with E-state index >= 15 is 0 Å². The van der Waals surface area contributed by atoms with Gasteiger partial charge in [0.1, 0.15) is 5.82 Å². The van der Waals surface area contributed by atoms with Crippen LogP contribution in [0.1, 0.15) is 45.7 Å². The van der Waals surface area contributed by atoms with Gasteiger partial charge in [0.05, 0.1) is 5.69 Å². The molecule has 1 aromatic heterocycles. The van der Waals surface area contributed by atoms with Crippen LogP contribution >= 0.6 is 0 Å². The first kappa shape index (κ1) is 14.9. The topological polar surface area (TPSA) is 54.2 Å². The van der Waals surface area contributed by atoms with E-state index in [-0.39, 0.29) is 0 Å². The number of hydrogen-bond donors (Lipinski definition) is 2. The summed E-state index contributed by atoms with van der Waals surface area (Å²) in [7, 11) is 0. The molecule has 0 fully saturated rings. The van der Waals surface area contributed by atoms with Gasteiger partial charge in [0.25, 0.3) is 0 Å². The molecule has 0 radical (unpaired) electrons. The van der Waals surface area contributed by atoms with Crippen LogP contribution in [0.15, 0.2) is 18.2 Å². The molecule has 0 amide bonds. The van der Waals surface area contributed by atoms with Crippen LogP contribution in [-0.4, -0.2) is 22.5 Å². The Labute approximate surface area is 111 Å². The highest BCUT2D eigenvalue weighted by molar-refractivity contribution is 5.33. The minimum absolute atomic E-state index is 0.540. The van der Waals surface area contributed by atoms with E-state index in [2.05, 4.69) is 42.1 Å². The van der Waals surface area contributed by atoms with Crippen molar-refractivity contribution in [1.29, 1.82) is 0 Å². The van der Waals surface area contributed by atoms with E-state index in [0.29, 0.717) is 6.04 Å². The van der Waals surface area contributed by atoms with Gasteiger partial charge in [0, 0.05) is 12.6 Å². The molecule has 4 heteroatoms. The van der Waals surface area contributed by atoms with Gasteiger partial charge in [-0.25, -0.2) is 10.8 Å². The summed E-state index contributed by atoms with van der Waals surface area (Å²) in [6, 6.07) is 6.46. The first-order chi connectivity index (χ1) is 8.67. The van der Waals surface area contributed by atoms with Crippen molar-refractivity contribution in [2.24, 2.45) is 5.84 Å². The number of aromatic nitrogens is 1. The molecule has 0 aliphatic carbocycles. The van der Waals surface area contributed by atoms with Gasteiger partial charge in [-0.2, -0.15) is 0 Å². The molecule has 102 valence electrons. The number of nitrogen functional groups attached to an aromatic ring is 1. The molecule has 1 aromatic rings. The molecule has 0 aliphatic rings. The van der Waals surface area contributed by atoms with E-state index in [1.165, 1.54) is 19.3 Å². The molecule has 0 saturated heterocycles. The van der Waals surface area contributed by atoms with Crippen LogP contribution < -0.4 is 11.3 Å². The molecule has 0 bridgehead atoms. The van der Waals surface area contributed by atoms with E-state index in [0.717, 1.165) is 24.6 Å². The summed E-state index contributed by atoms with van der Waals surface area (Å²) < 4.78 is 0. The summed E-state index contributed by atoms with van der Waals surface area (Å²) in [5, 5.41) is 0. The average Bonchev–Trinajstić information content (AvgIpc) is 2.38. The highest BCUT2D eigenvalue weighted by atomic mass is 15.3. The van der Waals surface area contributed by atoms with Crippen molar-refractivity contribution in [3.8, 4) is 0 Å². The molecule has 0 unspecified atom stereocenters. The SMILES string of the molecule is CCCCCN(Cc1cccc(NN)n1)C(C)C. The maximum Gasteiger partial charge on any atom is 0.140 e. The zero-order valence-electron chi connectivity index (χ0n) is 11.8. The largest absolute Gasteiger partial charge is 0.308 e. The summed E-state index contributed by atoms with van der Waals surface area (Å²) >= 11 is 0. The van der Waals surface area contributed by atoms with Crippen LogP contribution in [0.2, 0.25) is 0 Å². The highest BCUT2D eigenvalue weighted by Crippen LogP contribution is 2.10. The van der Waals surface area contributed by atoms with E-state index in [9.17, 15) is 0 Å². The predicted molar refractivity (Wildman–Crippen MR) is 77.1 cm³/mol. The van der Waals surface area contributed by atoms with Crippen LogP contribution in [0, 0.1) is 0 Å². The Bertz CT molecular complexity index is 338. The molecule has 0 aromatic carbocycles. The first-order valence-electron chi connectivity index (χ1n) is 6.84. The van der Waals surface area contributed by atoms with Gasteiger partial charge in [-0.1, -0.05) is 25.8 Å². The maximum absolute atomic E-state index is 5.38. The molecule has 3 N–H and O–H groups in total. The van der Waals surface area contributed by atoms with E-state index in [4.69, 9.17) is 5.84 Å². The molecule has 0 saturated carbocycles. The number of hydrazine groups is 1. The zero-order chi connectivity index (χ0) is 13.4. The van der Waals surface area contributed by atoms with Gasteiger partial charge < -0.3 is 5.43 Å². The Kier molecular flexibility index (Phi) is 6.68. The summed E-state index contributed by atoms with van der Waals surface area (Å²) in [4.78, 5) is 6.92. The second-order valence-electron chi connectivity index (χ2n) is 4.93. The van der Waals surface area contributed by atoms with Crippen molar-refractivity contribution < 1.29 is 0 Å². The Morgan fingerprint density at radius 1 is 1.33 bits per heavy atom. The van der Waals surface area contributed by atoms with Gasteiger partial charge in [0.2, 0.25) is 0 Å². The number of nitrogens with one attached hydrogen (secondary N) is 1. The number of pyridine rings is 1. The van der Waals surface area contributed by atoms with Crippen LogP contribution in [0.25, 0.3) is 0 Å². The van der Waals surface area contributed by atoms with Crippen molar-refractivity contribution in [2.75, 3.05) is 12.0 Å². The Morgan fingerprint density at radius 3 is 2.72 bits per heavy atom. The third kappa shape index (κ3) is 5.02. The van der Waals surface area contributed by atoms with Gasteiger partial charge >= 0.3 is 0 Å². The van der Waals surface area contributed by atoms with Gasteiger partial charge in [0.15, 0.2) is 0 Å². The van der Waals surface area contributed by atoms with E-state index in [1.54, 1.807) is 0 Å². The maximum atomic E-state index is 5.38. The summed E-state index contributed by atoms with van der Waals surface area (Å²) in [5.74, 6) is 6.11. The van der Waals surface area contributed by atoms with Crippen molar-refractivity contribution in [3.05, 3.63) is 23.9 Å². The quantitative estimate of drug-likeness (QED) is 0.423. The lowest BCUT2D eigenvalue weighted by atomic mass is 10.2. The minimum atomic E-state index is 0.540. The van der Waals surface area contributed by atoms with E-state index < -0.39 is 0 Å². The lowest BCUT2D eigenvalue weighted by molar-refractivity contribution is 0.206. The monoisotopic (exact) mass is 250 g/mol. The Balaban J connectivity index is 2.58. The smallest absolute Gasteiger partial charge is 0.140 e. The molecule has 0 spiro atoms. The first-order valence-corrected chi connectivity index (χ1v) is 6.84. The highest BCUT2D eigenvalue weighted by Gasteiger charge is 2.10. The zero-order valence-corrected chi connectivity index (χ0v) is 11.8. The second-order valence-corrected chi connectivity index (χ2v) is 4.93. The number of unbranched alkanes of at least 4 members (excludes halogenated alkanes) is 2. The summed E-state index contributed by atoms with van der Waals surface area (Å²) in [5.41, 5.74) is 3.66. The molecule has 4 nitrogen and oxygen atoms in total. The fraction of sp³-hybridized carbons (Fsp3) is 0.643. The van der Waals surface area contributed by atoms with Gasteiger partial charge in [-0.3, -0.25) is 4.90 Å². The Hall–Kier alpha value is -1.13. The summed E-state index contributed by atoms with van der Waals surface area (Å²) in [6.45, 7) is 8.72. The average molecular weight is 250 g/mol. The van der Waals surface area contributed by atoms with Gasteiger partial charge in [-0.05, 0) is 38.9 Å². The number of hydrogen-bond acceptors (Lipinski definition) is 4. The van der Waals surface area contributed by atoms with Crippen molar-refractivity contribution in [3.63, 3.8) is 0 Å². The van der Waals surface area contributed by atoms with Crippen LogP contribution in [-0.2, 0) is 6.54 Å². The van der Waals surface area contributed by atoms with Crippen LogP contribution in [0.3, 0.4) is 0 Å². The number of nitrogens with two attached hydrogens (primary N) is 1. The standard InChI is InChI=1S/C14H26N4/c1-4-5-6-10-18(12(2)3)11-13-8-7-9-14(16-13)17-15/h7-9,12H,4-6,10-11,15H2,1-3H3,(H,16,17). The molecule has 0 aliphatic heterocycles. The third-order valence-corrected chi connectivity index (χ3v) is 3.10. The lowest BCUT2D eigenvalue weighted by Gasteiger charge is -2.26. The molecular formula is C14H26N4. The molecule has 1 rings (SSSR count). The van der Waals surface area contributed by atoms with Crippen molar-refractivity contribution in [1.82, 2.24) is 9.88 Å². The fourth-order valence-corrected chi connectivity index (χ4v) is 1.94. The predicted octanol–water partition coefficient (Wildman–Crippen LogP) is 2.77. The van der Waals surface area contributed by atoms with Gasteiger partial charge in [-0.15, -0.1) is 0 Å². The lowest BCUT2D eigenvalue weighted by Crippen LogP contribution is -2.31. The van der Waals surface area contributed by atoms with Crippen molar-refractivity contribution in [2.45, 2.75) is 52.6 Å². The van der Waals surface area contributed by atoms with Crippen molar-refractivity contribution >= 4 is 5.82 Å². The fourth-order valence-electron chi connectivity index (χ4n) is 1.94. The van der Waals surface area contributed by atoms with E-state index in [1.807, 2.05) is 12.1 Å². The normalized spacial score (nSPS) is 11.2. The number of anilines is 1. The molecule has 0 atom stereocenters. The molecule has 1 heterocycles. The summed E-state index contributed by atoms with van der Waals surface area (Å²) in [6.07, 6.45) is 3.81. The van der Waals surface area contributed by atoms with Crippen LogP contribution in [0.5, 0.6) is 0 Å². The third-order valence-electron chi connectivity index (χ3n) is 3.10. The molecular weight excluding hydrogens is 224 g/mol. The molecule has 18 heavy (non-hydrogen) atoms. The second kappa shape index (κ2) is 8.06. The number of rotatable bonds is 8.